The maximum Gasteiger partial charge on any atom is 0.139 e. The van der Waals surface area contributed by atoms with Crippen molar-refractivity contribution in [1.29, 1.82) is 0 Å². The Morgan fingerprint density at radius 3 is 2.18 bits per heavy atom. The highest BCUT2D eigenvalue weighted by Gasteiger charge is 2.13. The molecule has 0 aliphatic carbocycles. The predicted molar refractivity (Wildman–Crippen MR) is 88.4 cm³/mol. The number of hydrogen-bond donors (Lipinski definition) is 1. The van der Waals surface area contributed by atoms with Gasteiger partial charge in [0.1, 0.15) is 13.2 Å². The van der Waals surface area contributed by atoms with Crippen molar-refractivity contribution in [3.63, 3.8) is 0 Å². The van der Waals surface area contributed by atoms with Gasteiger partial charge < -0.3 is 4.98 Å². The maximum atomic E-state index is 4.58. The Kier molecular flexibility index (Phi) is 3.82. The summed E-state index contributed by atoms with van der Waals surface area (Å²) in [6.07, 6.45) is 0. The lowest BCUT2D eigenvalue weighted by Gasteiger charge is -2.12. The van der Waals surface area contributed by atoms with Gasteiger partial charge >= 0.3 is 0 Å². The summed E-state index contributed by atoms with van der Waals surface area (Å²) in [4.78, 5) is 7.92. The lowest BCUT2D eigenvalue weighted by molar-refractivity contribution is 1.19. The molecule has 2 aromatic rings. The summed E-state index contributed by atoms with van der Waals surface area (Å²) in [7, 11) is 0. The minimum absolute atomic E-state index is 0.975. The number of halogens is 2. The Bertz CT molecular complexity index is 566. The van der Waals surface area contributed by atoms with Crippen LogP contribution < -0.4 is 0 Å². The Labute approximate surface area is 129 Å². The number of aryl methyl sites for hydroxylation is 1. The summed E-state index contributed by atoms with van der Waals surface area (Å²) in [5.41, 5.74) is 6.59. The molecule has 0 bridgehead atoms. The zero-order valence-corrected chi connectivity index (χ0v) is 14.6. The Morgan fingerprint density at radius 2 is 1.65 bits per heavy atom. The fourth-order valence-electron chi connectivity index (χ4n) is 1.92. The zero-order chi connectivity index (χ0) is 12.7. The second-order valence-corrected chi connectivity index (χ2v) is 6.41. The van der Waals surface area contributed by atoms with E-state index in [0.29, 0.717) is 0 Å². The van der Waals surface area contributed by atoms with Gasteiger partial charge in [-0.05, 0) is 101 Å². The number of aromatic nitrogens is 2. The van der Waals surface area contributed by atoms with E-state index < -0.39 is 0 Å². The highest BCUT2D eigenvalue weighted by molar-refractivity contribution is 14.1. The zero-order valence-electron chi connectivity index (χ0n) is 10.3. The lowest BCUT2D eigenvalue weighted by Crippen LogP contribution is -1.95. The molecule has 0 saturated heterocycles. The number of H-pyrrole nitrogens is 1. The largest absolute Gasteiger partial charge is 0.333 e. The first-order valence-electron chi connectivity index (χ1n) is 5.40. The van der Waals surface area contributed by atoms with Crippen molar-refractivity contribution >= 4 is 45.2 Å². The molecule has 0 amide bonds. The summed E-state index contributed by atoms with van der Waals surface area (Å²) in [5.74, 6) is 0.975. The van der Waals surface area contributed by atoms with Crippen LogP contribution in [0.1, 0.15) is 22.3 Å². The van der Waals surface area contributed by atoms with E-state index in [1.165, 1.54) is 27.8 Å². The van der Waals surface area contributed by atoms with Gasteiger partial charge in [0.2, 0.25) is 0 Å². The predicted octanol–water partition coefficient (Wildman–Crippen LogP) is 4.52. The van der Waals surface area contributed by atoms with Gasteiger partial charge in [0, 0.05) is 5.56 Å². The van der Waals surface area contributed by atoms with Crippen molar-refractivity contribution < 1.29 is 0 Å². The molecule has 2 nitrogen and oxygen atoms in total. The smallest absolute Gasteiger partial charge is 0.139 e. The first-order valence-corrected chi connectivity index (χ1v) is 7.56. The van der Waals surface area contributed by atoms with E-state index in [1.54, 1.807) is 0 Å². The van der Waals surface area contributed by atoms with Crippen LogP contribution in [0.25, 0.3) is 11.4 Å². The molecule has 2 rings (SSSR count). The first-order chi connectivity index (χ1) is 7.91. The fraction of sp³-hybridized carbons (Fsp3) is 0.308. The molecule has 0 unspecified atom stereocenters. The van der Waals surface area contributed by atoms with Crippen molar-refractivity contribution in [2.75, 3.05) is 0 Å². The quantitative estimate of drug-likeness (QED) is 0.634. The molecule has 0 fully saturated rings. The highest BCUT2D eigenvalue weighted by atomic mass is 127. The van der Waals surface area contributed by atoms with Gasteiger partial charge in [0.25, 0.3) is 0 Å². The van der Waals surface area contributed by atoms with Crippen molar-refractivity contribution in [2.24, 2.45) is 0 Å². The molecule has 1 N–H and O–H groups in total. The van der Waals surface area contributed by atoms with Gasteiger partial charge in [-0.15, -0.1) is 0 Å². The third kappa shape index (κ3) is 2.38. The third-order valence-electron chi connectivity index (χ3n) is 3.36. The van der Waals surface area contributed by atoms with E-state index in [9.17, 15) is 0 Å². The molecule has 0 atom stereocenters. The molecule has 17 heavy (non-hydrogen) atoms. The molecule has 0 aliphatic heterocycles. The van der Waals surface area contributed by atoms with Gasteiger partial charge in [-0.25, -0.2) is 4.98 Å². The van der Waals surface area contributed by atoms with Crippen LogP contribution in [-0.2, 0) is 0 Å². The van der Waals surface area contributed by atoms with E-state index in [-0.39, 0.29) is 0 Å². The van der Waals surface area contributed by atoms with Gasteiger partial charge in [-0.1, -0.05) is 0 Å². The Balaban J connectivity index is 2.68. The topological polar surface area (TPSA) is 28.7 Å². The minimum atomic E-state index is 0.975. The summed E-state index contributed by atoms with van der Waals surface area (Å²) in [5, 5.41) is 0. The number of aromatic amines is 1. The average Bonchev–Trinajstić information content (AvgIpc) is 2.61. The van der Waals surface area contributed by atoms with Crippen LogP contribution in [0.2, 0.25) is 0 Å². The molecular weight excluding hydrogens is 438 g/mol. The van der Waals surface area contributed by atoms with Crippen LogP contribution in [0, 0.1) is 35.1 Å². The second kappa shape index (κ2) is 4.87. The SMILES string of the molecule is Cc1cc(-c2nc(I)c(I)[nH]2)c(C)c(C)c1C. The van der Waals surface area contributed by atoms with Gasteiger partial charge in [-0.3, -0.25) is 0 Å². The lowest BCUT2D eigenvalue weighted by atomic mass is 9.94. The van der Waals surface area contributed by atoms with Gasteiger partial charge in [0.15, 0.2) is 0 Å². The van der Waals surface area contributed by atoms with Crippen molar-refractivity contribution in [3.05, 3.63) is 35.7 Å². The van der Waals surface area contributed by atoms with Crippen molar-refractivity contribution in [2.45, 2.75) is 27.7 Å². The van der Waals surface area contributed by atoms with E-state index >= 15 is 0 Å². The van der Waals surface area contributed by atoms with Crippen molar-refractivity contribution in [1.82, 2.24) is 9.97 Å². The summed E-state index contributed by atoms with van der Waals surface area (Å²) in [6.45, 7) is 8.68. The van der Waals surface area contributed by atoms with Gasteiger partial charge in [-0.2, -0.15) is 0 Å². The fourth-order valence-corrected chi connectivity index (χ4v) is 2.67. The Morgan fingerprint density at radius 1 is 1.00 bits per heavy atom. The van der Waals surface area contributed by atoms with Crippen LogP contribution >= 0.6 is 45.2 Å². The third-order valence-corrected chi connectivity index (χ3v) is 5.95. The van der Waals surface area contributed by atoms with E-state index in [4.69, 9.17) is 0 Å². The molecular formula is C13H14I2N2. The Hall–Kier alpha value is -0.110. The summed E-state index contributed by atoms with van der Waals surface area (Å²) >= 11 is 4.54. The number of nitrogens with one attached hydrogen (secondary N) is 1. The monoisotopic (exact) mass is 452 g/mol. The molecule has 1 aromatic heterocycles. The summed E-state index contributed by atoms with van der Waals surface area (Å²) < 4.78 is 2.14. The van der Waals surface area contributed by atoms with Crippen LogP contribution in [0.4, 0.5) is 0 Å². The van der Waals surface area contributed by atoms with E-state index in [2.05, 4.69) is 88.9 Å². The molecule has 1 aromatic carbocycles. The molecule has 0 saturated carbocycles. The van der Waals surface area contributed by atoms with E-state index in [0.717, 1.165) is 13.2 Å². The standard InChI is InChI=1S/C13H14I2N2/c1-6-5-10(9(4)8(3)7(6)2)13-16-11(14)12(15)17-13/h5H,1-4H3,(H,16,17). The average molecular weight is 452 g/mol. The van der Waals surface area contributed by atoms with Gasteiger partial charge in [0.05, 0.1) is 0 Å². The number of benzene rings is 1. The number of nitrogens with zero attached hydrogens (tertiary/aromatic N) is 1. The maximum absolute atomic E-state index is 4.58. The molecule has 1 heterocycles. The minimum Gasteiger partial charge on any atom is -0.333 e. The van der Waals surface area contributed by atoms with Crippen LogP contribution in [0.15, 0.2) is 6.07 Å². The van der Waals surface area contributed by atoms with Crippen LogP contribution in [0.5, 0.6) is 0 Å². The number of rotatable bonds is 1. The summed E-state index contributed by atoms with van der Waals surface area (Å²) in [6, 6.07) is 2.22. The molecule has 0 aliphatic rings. The van der Waals surface area contributed by atoms with Crippen LogP contribution in [-0.4, -0.2) is 9.97 Å². The van der Waals surface area contributed by atoms with E-state index in [1.807, 2.05) is 0 Å². The van der Waals surface area contributed by atoms with Crippen LogP contribution in [0.3, 0.4) is 0 Å². The molecule has 0 spiro atoms. The first kappa shape index (κ1) is 13.3. The van der Waals surface area contributed by atoms with Crippen molar-refractivity contribution in [3.8, 4) is 11.4 Å². The molecule has 4 heteroatoms. The normalized spacial score (nSPS) is 10.9. The number of imidazole rings is 1. The second-order valence-electron chi connectivity index (χ2n) is 4.31. The highest BCUT2D eigenvalue weighted by Crippen LogP contribution is 2.29. The molecule has 0 radical (unpaired) electrons. The molecule has 90 valence electrons. The number of hydrogen-bond acceptors (Lipinski definition) is 1.